The van der Waals surface area contributed by atoms with Gasteiger partial charge in [-0.05, 0) is 43.4 Å². The van der Waals surface area contributed by atoms with Crippen molar-refractivity contribution in [2.45, 2.75) is 19.3 Å². The van der Waals surface area contributed by atoms with E-state index in [4.69, 9.17) is 15.6 Å². The first-order valence-corrected chi connectivity index (χ1v) is 6.99. The molecule has 1 aliphatic heterocycles. The van der Waals surface area contributed by atoms with E-state index in [0.717, 1.165) is 38.0 Å². The van der Waals surface area contributed by atoms with E-state index in [0.29, 0.717) is 17.2 Å². The van der Waals surface area contributed by atoms with Crippen molar-refractivity contribution in [2.75, 3.05) is 37.4 Å². The number of aliphatic hydroxyl groups is 1. The number of carbonyl (C=O) groups excluding carboxylic acids is 1. The fourth-order valence-corrected chi connectivity index (χ4v) is 2.75. The lowest BCUT2D eigenvalue weighted by Gasteiger charge is -2.34. The van der Waals surface area contributed by atoms with Crippen molar-refractivity contribution < 1.29 is 14.6 Å². The molecule has 5 heteroatoms. The molecule has 5 nitrogen and oxygen atoms in total. The molecule has 1 atom stereocenters. The number of aliphatic hydroxyl groups excluding tert-OH is 1. The number of anilines is 2. The normalized spacial score (nSPS) is 18.9. The van der Waals surface area contributed by atoms with E-state index in [1.807, 2.05) is 6.07 Å². The number of piperidine rings is 1. The summed E-state index contributed by atoms with van der Waals surface area (Å²) < 4.78 is 4.75. The first kappa shape index (κ1) is 14.7. The number of nitrogens with two attached hydrogens (primary N) is 1. The molecule has 2 rings (SSSR count). The number of hydrogen-bond acceptors (Lipinski definition) is 5. The highest BCUT2D eigenvalue weighted by Crippen LogP contribution is 2.27. The van der Waals surface area contributed by atoms with Crippen LogP contribution >= 0.6 is 0 Å². The standard InChI is InChI=1S/C15H22N2O3/c1-20-15(19)13-9-12(4-5-14(13)16)17-7-2-3-11(10-17)6-8-18/h4-5,9,11,18H,2-3,6-8,10,16H2,1H3. The van der Waals surface area contributed by atoms with Crippen LogP contribution in [-0.4, -0.2) is 37.9 Å². The van der Waals surface area contributed by atoms with Crippen LogP contribution in [0.5, 0.6) is 0 Å². The lowest BCUT2D eigenvalue weighted by Crippen LogP contribution is -2.35. The van der Waals surface area contributed by atoms with Crippen LogP contribution < -0.4 is 10.6 Å². The van der Waals surface area contributed by atoms with Gasteiger partial charge in [-0.3, -0.25) is 0 Å². The first-order chi connectivity index (χ1) is 9.65. The van der Waals surface area contributed by atoms with E-state index in [9.17, 15) is 4.79 Å². The minimum absolute atomic E-state index is 0.230. The quantitative estimate of drug-likeness (QED) is 0.647. The average Bonchev–Trinajstić information content (AvgIpc) is 2.47. The number of carbonyl (C=O) groups is 1. The molecule has 0 aromatic heterocycles. The molecule has 0 bridgehead atoms. The molecule has 1 aliphatic rings. The van der Waals surface area contributed by atoms with Crippen molar-refractivity contribution in [2.24, 2.45) is 5.92 Å². The average molecular weight is 278 g/mol. The van der Waals surface area contributed by atoms with Gasteiger partial charge in [-0.25, -0.2) is 4.79 Å². The fourth-order valence-electron chi connectivity index (χ4n) is 2.75. The number of rotatable bonds is 4. The maximum atomic E-state index is 11.7. The second-order valence-electron chi connectivity index (χ2n) is 5.23. The van der Waals surface area contributed by atoms with Crippen molar-refractivity contribution in [1.29, 1.82) is 0 Å². The molecule has 110 valence electrons. The van der Waals surface area contributed by atoms with E-state index >= 15 is 0 Å². The predicted octanol–water partition coefficient (Wildman–Crippen LogP) is 1.65. The Kier molecular flexibility index (Phi) is 4.84. The van der Waals surface area contributed by atoms with Crippen LogP contribution in [0.4, 0.5) is 11.4 Å². The highest BCUT2D eigenvalue weighted by Gasteiger charge is 2.21. The Hall–Kier alpha value is -1.75. The molecule has 0 radical (unpaired) electrons. The minimum Gasteiger partial charge on any atom is -0.465 e. The second kappa shape index (κ2) is 6.61. The molecule has 1 aromatic rings. The molecule has 3 N–H and O–H groups in total. The van der Waals surface area contributed by atoms with Gasteiger partial charge in [-0.15, -0.1) is 0 Å². The number of nitrogens with zero attached hydrogens (tertiary/aromatic N) is 1. The van der Waals surface area contributed by atoms with Crippen LogP contribution in [-0.2, 0) is 4.74 Å². The maximum absolute atomic E-state index is 11.7. The molecule has 20 heavy (non-hydrogen) atoms. The van der Waals surface area contributed by atoms with Gasteiger partial charge in [0.25, 0.3) is 0 Å². The van der Waals surface area contributed by atoms with Crippen molar-refractivity contribution in [3.05, 3.63) is 23.8 Å². The van der Waals surface area contributed by atoms with Gasteiger partial charge in [0.2, 0.25) is 0 Å². The molecular weight excluding hydrogens is 256 g/mol. The van der Waals surface area contributed by atoms with Gasteiger partial charge in [0, 0.05) is 31.1 Å². The Morgan fingerprint density at radius 3 is 3.05 bits per heavy atom. The highest BCUT2D eigenvalue weighted by molar-refractivity contribution is 5.96. The number of nitrogen functional groups attached to an aromatic ring is 1. The number of hydrogen-bond donors (Lipinski definition) is 2. The summed E-state index contributed by atoms with van der Waals surface area (Å²) in [4.78, 5) is 13.9. The van der Waals surface area contributed by atoms with E-state index < -0.39 is 5.97 Å². The summed E-state index contributed by atoms with van der Waals surface area (Å²) >= 11 is 0. The number of esters is 1. The van der Waals surface area contributed by atoms with Gasteiger partial charge < -0.3 is 20.5 Å². The third kappa shape index (κ3) is 3.22. The zero-order chi connectivity index (χ0) is 14.5. The summed E-state index contributed by atoms with van der Waals surface area (Å²) in [6, 6.07) is 5.48. The van der Waals surface area contributed by atoms with Crippen LogP contribution in [0, 0.1) is 5.92 Å². The maximum Gasteiger partial charge on any atom is 0.340 e. The Morgan fingerprint density at radius 2 is 2.35 bits per heavy atom. The Balaban J connectivity index is 2.17. The summed E-state index contributed by atoms with van der Waals surface area (Å²) in [7, 11) is 1.35. The SMILES string of the molecule is COC(=O)c1cc(N2CCCC(CCO)C2)ccc1N. The van der Waals surface area contributed by atoms with Crippen molar-refractivity contribution >= 4 is 17.3 Å². The lowest BCUT2D eigenvalue weighted by atomic mass is 9.94. The molecule has 1 unspecified atom stereocenters. The monoisotopic (exact) mass is 278 g/mol. The van der Waals surface area contributed by atoms with E-state index in [2.05, 4.69) is 4.90 Å². The van der Waals surface area contributed by atoms with Crippen LogP contribution in [0.3, 0.4) is 0 Å². The number of ether oxygens (including phenoxy) is 1. The van der Waals surface area contributed by atoms with E-state index in [-0.39, 0.29) is 6.61 Å². The van der Waals surface area contributed by atoms with Crippen LogP contribution in [0.15, 0.2) is 18.2 Å². The minimum atomic E-state index is -0.409. The summed E-state index contributed by atoms with van der Waals surface area (Å²) in [5.74, 6) is 0.0983. The van der Waals surface area contributed by atoms with E-state index in [1.54, 1.807) is 12.1 Å². The van der Waals surface area contributed by atoms with Crippen LogP contribution in [0.1, 0.15) is 29.6 Å². The Labute approximate surface area is 119 Å². The summed E-state index contributed by atoms with van der Waals surface area (Å²) in [5, 5.41) is 9.06. The third-order valence-electron chi connectivity index (χ3n) is 3.86. The van der Waals surface area contributed by atoms with Crippen molar-refractivity contribution in [3.63, 3.8) is 0 Å². The molecule has 1 heterocycles. The molecule has 0 aliphatic carbocycles. The Morgan fingerprint density at radius 1 is 1.55 bits per heavy atom. The second-order valence-corrected chi connectivity index (χ2v) is 5.23. The summed E-state index contributed by atoms with van der Waals surface area (Å²) in [6.45, 7) is 2.10. The Bertz CT molecular complexity index is 474. The predicted molar refractivity (Wildman–Crippen MR) is 78.8 cm³/mol. The van der Waals surface area contributed by atoms with E-state index in [1.165, 1.54) is 7.11 Å². The molecule has 1 saturated heterocycles. The zero-order valence-corrected chi connectivity index (χ0v) is 11.8. The van der Waals surface area contributed by atoms with Crippen LogP contribution in [0.2, 0.25) is 0 Å². The highest BCUT2D eigenvalue weighted by atomic mass is 16.5. The molecule has 0 spiro atoms. The topological polar surface area (TPSA) is 75.8 Å². The molecular formula is C15H22N2O3. The third-order valence-corrected chi connectivity index (χ3v) is 3.86. The van der Waals surface area contributed by atoms with Gasteiger partial charge in [0.1, 0.15) is 0 Å². The molecule has 1 fully saturated rings. The first-order valence-electron chi connectivity index (χ1n) is 6.99. The summed E-state index contributed by atoms with van der Waals surface area (Å²) in [6.07, 6.45) is 3.08. The van der Waals surface area contributed by atoms with Gasteiger partial charge in [0.05, 0.1) is 12.7 Å². The van der Waals surface area contributed by atoms with Gasteiger partial charge in [-0.1, -0.05) is 0 Å². The van der Waals surface area contributed by atoms with Crippen molar-refractivity contribution in [1.82, 2.24) is 0 Å². The number of benzene rings is 1. The molecule has 0 amide bonds. The molecule has 0 saturated carbocycles. The lowest BCUT2D eigenvalue weighted by molar-refractivity contribution is 0.0602. The smallest absolute Gasteiger partial charge is 0.340 e. The largest absolute Gasteiger partial charge is 0.465 e. The number of methoxy groups -OCH3 is 1. The summed E-state index contributed by atoms with van der Waals surface area (Å²) in [5.41, 5.74) is 7.65. The van der Waals surface area contributed by atoms with Crippen molar-refractivity contribution in [3.8, 4) is 0 Å². The van der Waals surface area contributed by atoms with Gasteiger partial charge in [0.15, 0.2) is 0 Å². The van der Waals surface area contributed by atoms with Gasteiger partial charge in [-0.2, -0.15) is 0 Å². The van der Waals surface area contributed by atoms with Crippen LogP contribution in [0.25, 0.3) is 0 Å². The fraction of sp³-hybridized carbons (Fsp3) is 0.533. The van der Waals surface area contributed by atoms with Gasteiger partial charge >= 0.3 is 5.97 Å². The zero-order valence-electron chi connectivity index (χ0n) is 11.8. The molecule has 1 aromatic carbocycles.